The molecule has 0 spiro atoms. The lowest BCUT2D eigenvalue weighted by Gasteiger charge is -2.12. The van der Waals surface area contributed by atoms with Crippen molar-refractivity contribution in [3.63, 3.8) is 0 Å². The van der Waals surface area contributed by atoms with Crippen molar-refractivity contribution in [3.8, 4) is 17.5 Å². The molecule has 2 rings (SSSR count). The molecule has 4 nitrogen and oxygen atoms in total. The Labute approximate surface area is 106 Å². The monoisotopic (exact) mass is 267 g/mol. The highest BCUT2D eigenvalue weighted by Gasteiger charge is 2.15. The fourth-order valence-electron chi connectivity index (χ4n) is 1.64. The van der Waals surface area contributed by atoms with Crippen LogP contribution in [0, 0.1) is 17.1 Å². The summed E-state index contributed by atoms with van der Waals surface area (Å²) in [7, 11) is 0. The molecule has 0 amide bonds. The second-order valence-electron chi connectivity index (χ2n) is 3.60. The molecule has 1 heterocycles. The molecule has 0 aliphatic carbocycles. The summed E-state index contributed by atoms with van der Waals surface area (Å²) in [5.41, 5.74) is 6.06. The van der Waals surface area contributed by atoms with Crippen LogP contribution in [-0.2, 0) is 0 Å². The maximum Gasteiger partial charge on any atom is 0.387 e. The second-order valence-corrected chi connectivity index (χ2v) is 3.60. The van der Waals surface area contributed by atoms with Gasteiger partial charge in [-0.2, -0.15) is 14.0 Å². The molecule has 7 heteroatoms. The third-order valence-corrected chi connectivity index (χ3v) is 2.42. The Morgan fingerprint density at radius 2 is 2.11 bits per heavy atom. The molecular weight excluding hydrogens is 259 g/mol. The maximum absolute atomic E-state index is 13.4. The van der Waals surface area contributed by atoms with E-state index < -0.39 is 18.2 Å². The SMILES string of the molecule is N#Cc1cccn1-c1cc(OC(F)F)c(F)cc1N. The van der Waals surface area contributed by atoms with Gasteiger partial charge in [-0.25, -0.2) is 4.39 Å². The summed E-state index contributed by atoms with van der Waals surface area (Å²) >= 11 is 0. The third-order valence-electron chi connectivity index (χ3n) is 2.42. The van der Waals surface area contributed by atoms with Gasteiger partial charge in [0.05, 0.1) is 11.4 Å². The van der Waals surface area contributed by atoms with Crippen molar-refractivity contribution in [1.82, 2.24) is 4.57 Å². The fraction of sp³-hybridized carbons (Fsp3) is 0.0833. The van der Waals surface area contributed by atoms with Gasteiger partial charge >= 0.3 is 6.61 Å². The van der Waals surface area contributed by atoms with Crippen molar-refractivity contribution in [2.75, 3.05) is 5.73 Å². The van der Waals surface area contributed by atoms with E-state index in [1.807, 2.05) is 6.07 Å². The normalized spacial score (nSPS) is 10.5. The van der Waals surface area contributed by atoms with E-state index in [0.717, 1.165) is 12.1 Å². The highest BCUT2D eigenvalue weighted by atomic mass is 19.3. The number of nitrogen functional groups attached to an aromatic ring is 1. The molecule has 0 bridgehead atoms. The van der Waals surface area contributed by atoms with Crippen molar-refractivity contribution in [3.05, 3.63) is 42.0 Å². The summed E-state index contributed by atoms with van der Waals surface area (Å²) in [6.07, 6.45) is 1.51. The molecule has 0 unspecified atom stereocenters. The number of alkyl halides is 2. The van der Waals surface area contributed by atoms with Crippen LogP contribution in [0.3, 0.4) is 0 Å². The van der Waals surface area contributed by atoms with Gasteiger partial charge in [0.1, 0.15) is 11.8 Å². The molecule has 98 valence electrons. The molecule has 0 atom stereocenters. The van der Waals surface area contributed by atoms with Gasteiger partial charge in [0, 0.05) is 18.3 Å². The average molecular weight is 267 g/mol. The molecule has 0 aliphatic heterocycles. The molecule has 0 aliphatic rings. The zero-order chi connectivity index (χ0) is 14.0. The minimum Gasteiger partial charge on any atom is -0.432 e. The first kappa shape index (κ1) is 12.8. The minimum absolute atomic E-state index is 0.00631. The first-order valence-electron chi connectivity index (χ1n) is 5.14. The number of nitrogens with two attached hydrogens (primary N) is 1. The molecule has 0 fully saturated rings. The van der Waals surface area contributed by atoms with E-state index in [9.17, 15) is 13.2 Å². The summed E-state index contributed by atoms with van der Waals surface area (Å²) in [5.74, 6) is -1.62. The van der Waals surface area contributed by atoms with E-state index in [-0.39, 0.29) is 17.1 Å². The predicted octanol–water partition coefficient (Wildman–Crippen LogP) is 2.67. The second kappa shape index (κ2) is 4.94. The Bertz CT molecular complexity index is 646. The molecule has 0 radical (unpaired) electrons. The standard InChI is InChI=1S/C12H8F3N3O/c13-8-4-9(17)10(5-11(8)19-12(14)15)18-3-1-2-7(18)6-16/h1-5,12H,17H2. The van der Waals surface area contributed by atoms with Crippen LogP contribution in [-0.4, -0.2) is 11.2 Å². The van der Waals surface area contributed by atoms with E-state index in [2.05, 4.69) is 4.74 Å². The lowest BCUT2D eigenvalue weighted by Crippen LogP contribution is -2.07. The highest BCUT2D eigenvalue weighted by Crippen LogP contribution is 2.29. The molecule has 0 saturated carbocycles. The first-order chi connectivity index (χ1) is 9.02. The van der Waals surface area contributed by atoms with Crippen LogP contribution in [0.5, 0.6) is 5.75 Å². The molecule has 1 aromatic carbocycles. The van der Waals surface area contributed by atoms with Crippen LogP contribution >= 0.6 is 0 Å². The van der Waals surface area contributed by atoms with E-state index in [0.29, 0.717) is 0 Å². The Morgan fingerprint density at radius 3 is 2.74 bits per heavy atom. The third kappa shape index (κ3) is 2.47. The van der Waals surface area contributed by atoms with Gasteiger partial charge in [0.25, 0.3) is 0 Å². The van der Waals surface area contributed by atoms with Crippen LogP contribution in [0.15, 0.2) is 30.5 Å². The topological polar surface area (TPSA) is 64.0 Å². The van der Waals surface area contributed by atoms with Crippen LogP contribution in [0.4, 0.5) is 18.9 Å². The minimum atomic E-state index is -3.15. The number of rotatable bonds is 3. The summed E-state index contributed by atoms with van der Waals surface area (Å²) in [6, 6.07) is 6.88. The Kier molecular flexibility index (Phi) is 3.33. The van der Waals surface area contributed by atoms with Gasteiger partial charge in [-0.15, -0.1) is 0 Å². The van der Waals surface area contributed by atoms with Gasteiger partial charge in [0.2, 0.25) is 0 Å². The van der Waals surface area contributed by atoms with Gasteiger partial charge in [-0.3, -0.25) is 0 Å². The highest BCUT2D eigenvalue weighted by molar-refractivity contribution is 5.62. The quantitative estimate of drug-likeness (QED) is 0.869. The largest absolute Gasteiger partial charge is 0.432 e. The zero-order valence-corrected chi connectivity index (χ0v) is 9.48. The number of nitrogens with zero attached hydrogens (tertiary/aromatic N) is 2. The smallest absolute Gasteiger partial charge is 0.387 e. The molecule has 0 saturated heterocycles. The average Bonchev–Trinajstić information content (AvgIpc) is 2.80. The number of anilines is 1. The predicted molar refractivity (Wildman–Crippen MR) is 61.5 cm³/mol. The number of halogens is 3. The number of benzene rings is 1. The number of aromatic nitrogens is 1. The maximum atomic E-state index is 13.4. The zero-order valence-electron chi connectivity index (χ0n) is 9.48. The van der Waals surface area contributed by atoms with Crippen molar-refractivity contribution >= 4 is 5.69 Å². The van der Waals surface area contributed by atoms with Gasteiger partial charge in [-0.05, 0) is 12.1 Å². The summed E-state index contributed by atoms with van der Waals surface area (Å²) < 4.78 is 43.1. The lowest BCUT2D eigenvalue weighted by molar-refractivity contribution is -0.0521. The van der Waals surface area contributed by atoms with Crippen LogP contribution in [0.25, 0.3) is 5.69 Å². The van der Waals surface area contributed by atoms with E-state index in [1.54, 1.807) is 6.07 Å². The molecular formula is C12H8F3N3O. The van der Waals surface area contributed by atoms with Gasteiger partial charge in [-0.1, -0.05) is 0 Å². The van der Waals surface area contributed by atoms with Crippen LogP contribution < -0.4 is 10.5 Å². The fourth-order valence-corrected chi connectivity index (χ4v) is 1.64. The van der Waals surface area contributed by atoms with Crippen molar-refractivity contribution < 1.29 is 17.9 Å². The summed E-state index contributed by atoms with van der Waals surface area (Å²) in [6.45, 7) is -3.15. The molecule has 19 heavy (non-hydrogen) atoms. The van der Waals surface area contributed by atoms with Gasteiger partial charge < -0.3 is 15.0 Å². The van der Waals surface area contributed by atoms with E-state index >= 15 is 0 Å². The molecule has 1 aromatic heterocycles. The summed E-state index contributed by atoms with van der Waals surface area (Å²) in [5, 5.41) is 8.89. The number of ether oxygens (including phenoxy) is 1. The number of hydrogen-bond acceptors (Lipinski definition) is 3. The van der Waals surface area contributed by atoms with Crippen LogP contribution in [0.1, 0.15) is 5.69 Å². The number of hydrogen-bond donors (Lipinski definition) is 1. The Morgan fingerprint density at radius 1 is 1.37 bits per heavy atom. The summed E-state index contributed by atoms with van der Waals surface area (Å²) in [4.78, 5) is 0. The van der Waals surface area contributed by atoms with Crippen LogP contribution in [0.2, 0.25) is 0 Å². The van der Waals surface area contributed by atoms with Crippen molar-refractivity contribution in [2.24, 2.45) is 0 Å². The lowest BCUT2D eigenvalue weighted by atomic mass is 10.2. The molecule has 2 aromatic rings. The number of nitriles is 1. The Hall–Kier alpha value is -2.62. The first-order valence-corrected chi connectivity index (χ1v) is 5.14. The van der Waals surface area contributed by atoms with Crippen molar-refractivity contribution in [2.45, 2.75) is 6.61 Å². The molecule has 2 N–H and O–H groups in total. The van der Waals surface area contributed by atoms with E-state index in [4.69, 9.17) is 11.0 Å². The van der Waals surface area contributed by atoms with Gasteiger partial charge in [0.15, 0.2) is 11.6 Å². The van der Waals surface area contributed by atoms with Crippen molar-refractivity contribution in [1.29, 1.82) is 5.26 Å². The Balaban J connectivity index is 2.55. The van der Waals surface area contributed by atoms with E-state index in [1.165, 1.54) is 16.8 Å².